The number of rotatable bonds is 7. The highest BCUT2D eigenvalue weighted by Gasteiger charge is 2.16. The molecule has 3 aromatic rings. The average Bonchev–Trinajstić information content (AvgIpc) is 2.75. The van der Waals surface area contributed by atoms with E-state index in [1.807, 2.05) is 56.3 Å². The van der Waals surface area contributed by atoms with Crippen LogP contribution in [-0.2, 0) is 11.3 Å². The molecule has 0 radical (unpaired) electrons. The Morgan fingerprint density at radius 2 is 1.80 bits per heavy atom. The van der Waals surface area contributed by atoms with Gasteiger partial charge < -0.3 is 19.1 Å². The average molecular weight is 406 g/mol. The van der Waals surface area contributed by atoms with Gasteiger partial charge >= 0.3 is 0 Å². The van der Waals surface area contributed by atoms with Gasteiger partial charge in [-0.15, -0.1) is 0 Å². The number of carbonyl (C=O) groups is 1. The van der Waals surface area contributed by atoms with E-state index in [1.165, 1.54) is 6.92 Å². The molecule has 0 fully saturated rings. The van der Waals surface area contributed by atoms with Crippen LogP contribution in [0.15, 0.2) is 54.7 Å². The van der Waals surface area contributed by atoms with Crippen molar-refractivity contribution in [3.63, 3.8) is 0 Å². The summed E-state index contributed by atoms with van der Waals surface area (Å²) < 4.78 is 16.7. The molecular formula is C24H26N2O4. The van der Waals surface area contributed by atoms with Crippen LogP contribution >= 0.6 is 0 Å². The minimum Gasteiger partial charge on any atom is -0.497 e. The van der Waals surface area contributed by atoms with Gasteiger partial charge in [0.15, 0.2) is 0 Å². The molecule has 1 amide bonds. The fourth-order valence-corrected chi connectivity index (χ4v) is 3.10. The van der Waals surface area contributed by atoms with Gasteiger partial charge in [-0.2, -0.15) is 0 Å². The van der Waals surface area contributed by atoms with Crippen molar-refractivity contribution in [3.8, 4) is 23.1 Å². The molecule has 3 rings (SSSR count). The Labute approximate surface area is 177 Å². The maximum atomic E-state index is 12.4. The molecule has 0 aliphatic carbocycles. The first-order valence-electron chi connectivity index (χ1n) is 9.62. The van der Waals surface area contributed by atoms with E-state index in [9.17, 15) is 4.79 Å². The molecule has 0 atom stereocenters. The molecule has 6 heteroatoms. The third-order valence-corrected chi connectivity index (χ3v) is 5.00. The molecule has 156 valence electrons. The molecule has 0 unspecified atom stereocenters. The van der Waals surface area contributed by atoms with Gasteiger partial charge in [-0.3, -0.25) is 4.79 Å². The lowest BCUT2D eigenvalue weighted by Crippen LogP contribution is -2.28. The molecule has 1 heterocycles. The van der Waals surface area contributed by atoms with Crippen LogP contribution < -0.4 is 19.1 Å². The van der Waals surface area contributed by atoms with E-state index in [2.05, 4.69) is 4.98 Å². The molecule has 6 nitrogen and oxygen atoms in total. The summed E-state index contributed by atoms with van der Waals surface area (Å²) in [6, 6.07) is 15.0. The van der Waals surface area contributed by atoms with Gasteiger partial charge in [0.2, 0.25) is 11.8 Å². The van der Waals surface area contributed by atoms with Gasteiger partial charge in [0.1, 0.15) is 17.2 Å². The number of nitrogens with zero attached hydrogens (tertiary/aromatic N) is 2. The largest absolute Gasteiger partial charge is 0.497 e. The summed E-state index contributed by atoms with van der Waals surface area (Å²) in [4.78, 5) is 18.4. The predicted octanol–water partition coefficient (Wildman–Crippen LogP) is 5.06. The van der Waals surface area contributed by atoms with Crippen LogP contribution in [0.4, 0.5) is 5.69 Å². The first kappa shape index (κ1) is 21.2. The Bertz CT molecular complexity index is 1030. The zero-order chi connectivity index (χ0) is 21.7. The zero-order valence-electron chi connectivity index (χ0n) is 17.9. The summed E-state index contributed by atoms with van der Waals surface area (Å²) in [6.07, 6.45) is 1.63. The lowest BCUT2D eigenvalue weighted by Gasteiger charge is -2.22. The topological polar surface area (TPSA) is 60.9 Å². The highest BCUT2D eigenvalue weighted by Crippen LogP contribution is 2.29. The minimum atomic E-state index is -0.107. The predicted molar refractivity (Wildman–Crippen MR) is 117 cm³/mol. The molecule has 2 aromatic carbocycles. The van der Waals surface area contributed by atoms with Crippen molar-refractivity contribution in [1.82, 2.24) is 4.98 Å². The van der Waals surface area contributed by atoms with E-state index in [0.29, 0.717) is 29.6 Å². The van der Waals surface area contributed by atoms with Crippen molar-refractivity contribution in [1.29, 1.82) is 0 Å². The van der Waals surface area contributed by atoms with Crippen LogP contribution in [-0.4, -0.2) is 25.1 Å². The quantitative estimate of drug-likeness (QED) is 0.549. The molecule has 30 heavy (non-hydrogen) atoms. The van der Waals surface area contributed by atoms with Crippen LogP contribution in [0.5, 0.6) is 23.1 Å². The van der Waals surface area contributed by atoms with Crippen LogP contribution in [0.25, 0.3) is 0 Å². The monoisotopic (exact) mass is 406 g/mol. The summed E-state index contributed by atoms with van der Waals surface area (Å²) in [5, 5.41) is 0. The summed E-state index contributed by atoms with van der Waals surface area (Å²) in [5.74, 6) is 2.51. The van der Waals surface area contributed by atoms with E-state index in [4.69, 9.17) is 14.2 Å². The van der Waals surface area contributed by atoms with Crippen LogP contribution in [0.1, 0.15) is 23.6 Å². The minimum absolute atomic E-state index is 0.107. The number of carbonyl (C=O) groups excluding carboxylic acids is 1. The van der Waals surface area contributed by atoms with E-state index >= 15 is 0 Å². The van der Waals surface area contributed by atoms with Gasteiger partial charge in [-0.1, -0.05) is 12.1 Å². The fourth-order valence-electron chi connectivity index (χ4n) is 3.10. The molecule has 0 N–H and O–H groups in total. The second-order valence-electron chi connectivity index (χ2n) is 6.94. The van der Waals surface area contributed by atoms with Crippen LogP contribution in [0.2, 0.25) is 0 Å². The van der Waals surface area contributed by atoms with Crippen molar-refractivity contribution in [3.05, 3.63) is 71.4 Å². The third kappa shape index (κ3) is 4.71. The highest BCUT2D eigenvalue weighted by atomic mass is 16.5. The van der Waals surface area contributed by atoms with Crippen LogP contribution in [0, 0.1) is 13.8 Å². The Morgan fingerprint density at radius 3 is 2.43 bits per heavy atom. The Hall–Kier alpha value is -3.54. The van der Waals surface area contributed by atoms with Crippen LogP contribution in [0.3, 0.4) is 0 Å². The van der Waals surface area contributed by atoms with Crippen molar-refractivity contribution < 1.29 is 19.0 Å². The summed E-state index contributed by atoms with van der Waals surface area (Å²) in [6.45, 7) is 5.90. The SMILES string of the molecule is COc1ccc(OC)c(CN(C(C)=O)c2ccc(Oc3cccc(C)c3C)nc2)c1. The fraction of sp³-hybridized carbons (Fsp3) is 0.250. The number of anilines is 1. The number of aryl methyl sites for hydroxylation is 1. The van der Waals surface area contributed by atoms with Gasteiger partial charge in [-0.05, 0) is 55.3 Å². The number of pyridine rings is 1. The van der Waals surface area contributed by atoms with Crippen molar-refractivity contribution in [2.45, 2.75) is 27.3 Å². The van der Waals surface area contributed by atoms with E-state index in [1.54, 1.807) is 31.4 Å². The molecule has 0 saturated heterocycles. The normalized spacial score (nSPS) is 10.4. The molecule has 0 aliphatic heterocycles. The number of methoxy groups -OCH3 is 2. The highest BCUT2D eigenvalue weighted by molar-refractivity contribution is 5.91. The van der Waals surface area contributed by atoms with E-state index < -0.39 is 0 Å². The van der Waals surface area contributed by atoms with Gasteiger partial charge in [-0.25, -0.2) is 4.98 Å². The number of hydrogen-bond acceptors (Lipinski definition) is 5. The maximum absolute atomic E-state index is 12.4. The number of benzene rings is 2. The van der Waals surface area contributed by atoms with E-state index in [-0.39, 0.29) is 5.91 Å². The second-order valence-corrected chi connectivity index (χ2v) is 6.94. The van der Waals surface area contributed by atoms with Gasteiger partial charge in [0, 0.05) is 18.6 Å². The van der Waals surface area contributed by atoms with Crippen molar-refractivity contribution in [2.24, 2.45) is 0 Å². The van der Waals surface area contributed by atoms with Gasteiger partial charge in [0.25, 0.3) is 0 Å². The zero-order valence-corrected chi connectivity index (χ0v) is 17.9. The molecule has 0 aliphatic rings. The number of aromatic nitrogens is 1. The smallest absolute Gasteiger partial charge is 0.224 e. The maximum Gasteiger partial charge on any atom is 0.224 e. The van der Waals surface area contributed by atoms with E-state index in [0.717, 1.165) is 22.4 Å². The Morgan fingerprint density at radius 1 is 1.00 bits per heavy atom. The van der Waals surface area contributed by atoms with Crippen molar-refractivity contribution in [2.75, 3.05) is 19.1 Å². The number of ether oxygens (including phenoxy) is 3. The molecule has 0 bridgehead atoms. The Kier molecular flexibility index (Phi) is 6.57. The first-order chi connectivity index (χ1) is 14.4. The third-order valence-electron chi connectivity index (χ3n) is 5.00. The Balaban J connectivity index is 1.84. The summed E-state index contributed by atoms with van der Waals surface area (Å²) >= 11 is 0. The first-order valence-corrected chi connectivity index (χ1v) is 9.62. The molecule has 1 aromatic heterocycles. The standard InChI is InChI=1S/C24H26N2O4/c1-16-7-6-8-22(17(16)2)30-24-12-9-20(14-25-24)26(18(3)27)15-19-13-21(28-4)10-11-23(19)29-5/h6-14H,15H2,1-5H3. The summed E-state index contributed by atoms with van der Waals surface area (Å²) in [5.41, 5.74) is 3.72. The lowest BCUT2D eigenvalue weighted by molar-refractivity contribution is -0.116. The van der Waals surface area contributed by atoms with Crippen molar-refractivity contribution >= 4 is 11.6 Å². The molecular weight excluding hydrogens is 380 g/mol. The van der Waals surface area contributed by atoms with Gasteiger partial charge in [0.05, 0.1) is 32.6 Å². The summed E-state index contributed by atoms with van der Waals surface area (Å²) in [7, 11) is 3.21. The number of hydrogen-bond donors (Lipinski definition) is 0. The molecule has 0 spiro atoms. The lowest BCUT2D eigenvalue weighted by atomic mass is 10.1. The number of amides is 1. The second kappa shape index (κ2) is 9.31. The molecule has 0 saturated carbocycles.